The summed E-state index contributed by atoms with van der Waals surface area (Å²) in [7, 11) is 4.27. The molecule has 1 aliphatic rings. The molecular weight excluding hydrogens is 477 g/mol. The van der Waals surface area contributed by atoms with Gasteiger partial charge in [-0.2, -0.15) is 0 Å². The molecule has 35 heavy (non-hydrogen) atoms. The Labute approximate surface area is 205 Å². The van der Waals surface area contributed by atoms with Crippen LogP contribution in [0.25, 0.3) is 5.76 Å². The Morgan fingerprint density at radius 3 is 2.26 bits per heavy atom. The first-order valence-corrected chi connectivity index (χ1v) is 10.8. The van der Waals surface area contributed by atoms with Crippen molar-refractivity contribution in [2.75, 3.05) is 26.2 Å². The van der Waals surface area contributed by atoms with Crippen LogP contribution in [0.15, 0.2) is 66.2 Å². The summed E-state index contributed by atoms with van der Waals surface area (Å²) in [6, 6.07) is 13.5. The maximum atomic E-state index is 15.0. The number of carbonyl (C=O) groups excluding carboxylic acids is 2. The molecule has 180 valence electrons. The van der Waals surface area contributed by atoms with Gasteiger partial charge in [0.2, 0.25) is 0 Å². The molecule has 4 rings (SSSR count). The van der Waals surface area contributed by atoms with Crippen LogP contribution in [0.2, 0.25) is 5.02 Å². The molecule has 0 spiro atoms. The molecule has 1 atom stereocenters. The summed E-state index contributed by atoms with van der Waals surface area (Å²) in [6.07, 6.45) is 0. The number of methoxy groups -OCH3 is 3. The van der Waals surface area contributed by atoms with Crippen molar-refractivity contribution in [1.82, 2.24) is 0 Å². The molecular formula is C26H21ClFNO6. The van der Waals surface area contributed by atoms with E-state index in [0.29, 0.717) is 11.5 Å². The van der Waals surface area contributed by atoms with Crippen LogP contribution in [0, 0.1) is 5.82 Å². The Morgan fingerprint density at radius 1 is 0.943 bits per heavy atom. The summed E-state index contributed by atoms with van der Waals surface area (Å²) in [6.45, 7) is 0. The number of nitrogens with zero attached hydrogens (tertiary/aromatic N) is 1. The van der Waals surface area contributed by atoms with Crippen molar-refractivity contribution < 1.29 is 33.3 Å². The van der Waals surface area contributed by atoms with E-state index in [2.05, 4.69) is 0 Å². The number of hydrogen-bond acceptors (Lipinski definition) is 6. The van der Waals surface area contributed by atoms with Gasteiger partial charge in [0.15, 0.2) is 0 Å². The van der Waals surface area contributed by atoms with E-state index >= 15 is 4.39 Å². The first kappa shape index (κ1) is 24.1. The smallest absolute Gasteiger partial charge is 0.300 e. The normalized spacial score (nSPS) is 16.9. The van der Waals surface area contributed by atoms with E-state index in [0.717, 1.165) is 4.90 Å². The highest BCUT2D eigenvalue weighted by atomic mass is 35.5. The average molecular weight is 498 g/mol. The predicted octanol–water partition coefficient (Wildman–Crippen LogP) is 5.13. The number of aliphatic hydroxyl groups excluding tert-OH is 1. The number of carbonyl (C=O) groups is 2. The lowest BCUT2D eigenvalue weighted by atomic mass is 9.94. The fraction of sp³-hybridized carbons (Fsp3) is 0.154. The van der Waals surface area contributed by atoms with Crippen molar-refractivity contribution in [2.45, 2.75) is 6.04 Å². The molecule has 0 radical (unpaired) electrons. The van der Waals surface area contributed by atoms with Gasteiger partial charge in [-0.15, -0.1) is 0 Å². The molecule has 7 nitrogen and oxygen atoms in total. The van der Waals surface area contributed by atoms with E-state index < -0.39 is 29.3 Å². The molecule has 1 saturated heterocycles. The second-order valence-electron chi connectivity index (χ2n) is 7.58. The monoisotopic (exact) mass is 497 g/mol. The van der Waals surface area contributed by atoms with Gasteiger partial charge in [-0.25, -0.2) is 4.39 Å². The largest absolute Gasteiger partial charge is 0.507 e. The van der Waals surface area contributed by atoms with Crippen molar-refractivity contribution in [3.8, 4) is 17.2 Å². The van der Waals surface area contributed by atoms with E-state index in [9.17, 15) is 14.7 Å². The molecule has 0 bridgehead atoms. The molecule has 1 amide bonds. The summed E-state index contributed by atoms with van der Waals surface area (Å²) in [5, 5.41) is 11.5. The Morgan fingerprint density at radius 2 is 1.63 bits per heavy atom. The Hall–Kier alpha value is -4.04. The topological polar surface area (TPSA) is 85.3 Å². The Balaban J connectivity index is 2.00. The molecule has 0 saturated carbocycles. The molecule has 3 aromatic carbocycles. The molecule has 0 aromatic heterocycles. The summed E-state index contributed by atoms with van der Waals surface area (Å²) in [4.78, 5) is 27.7. The van der Waals surface area contributed by atoms with Gasteiger partial charge in [-0.1, -0.05) is 29.8 Å². The highest BCUT2D eigenvalue weighted by Gasteiger charge is 2.48. The molecule has 3 aromatic rings. The number of hydrogen-bond donors (Lipinski definition) is 1. The molecule has 1 aliphatic heterocycles. The molecule has 9 heteroatoms. The summed E-state index contributed by atoms with van der Waals surface area (Å²) in [5.74, 6) is -2.17. The number of ether oxygens (including phenoxy) is 3. The van der Waals surface area contributed by atoms with Crippen LogP contribution in [0.4, 0.5) is 10.1 Å². The van der Waals surface area contributed by atoms with Gasteiger partial charge in [0.25, 0.3) is 11.7 Å². The van der Waals surface area contributed by atoms with Crippen molar-refractivity contribution in [3.05, 3.63) is 88.2 Å². The number of aliphatic hydroxyl groups is 1. The van der Waals surface area contributed by atoms with E-state index in [-0.39, 0.29) is 33.2 Å². The zero-order valence-corrected chi connectivity index (χ0v) is 19.8. The quantitative estimate of drug-likeness (QED) is 0.289. The fourth-order valence-corrected chi connectivity index (χ4v) is 4.29. The third-order valence-corrected chi connectivity index (χ3v) is 6.01. The Kier molecular flexibility index (Phi) is 6.66. The molecule has 1 heterocycles. The van der Waals surface area contributed by atoms with Gasteiger partial charge in [0, 0.05) is 11.3 Å². The van der Waals surface area contributed by atoms with Gasteiger partial charge in [0.1, 0.15) is 28.8 Å². The van der Waals surface area contributed by atoms with Crippen molar-refractivity contribution >= 4 is 34.7 Å². The highest BCUT2D eigenvalue weighted by Crippen LogP contribution is 2.45. The van der Waals surface area contributed by atoms with Crippen LogP contribution in [0.3, 0.4) is 0 Å². The second-order valence-corrected chi connectivity index (χ2v) is 7.98. The summed E-state index contributed by atoms with van der Waals surface area (Å²) >= 11 is 6.27. The number of benzene rings is 3. The summed E-state index contributed by atoms with van der Waals surface area (Å²) < 4.78 is 30.8. The van der Waals surface area contributed by atoms with Crippen molar-refractivity contribution in [2.24, 2.45) is 0 Å². The van der Waals surface area contributed by atoms with E-state index in [4.69, 9.17) is 25.8 Å². The predicted molar refractivity (Wildman–Crippen MR) is 129 cm³/mol. The van der Waals surface area contributed by atoms with E-state index in [1.54, 1.807) is 18.2 Å². The number of anilines is 1. The van der Waals surface area contributed by atoms with Crippen LogP contribution < -0.4 is 19.1 Å². The zero-order valence-electron chi connectivity index (χ0n) is 19.0. The maximum Gasteiger partial charge on any atom is 0.300 e. The van der Waals surface area contributed by atoms with Gasteiger partial charge in [-0.05, 0) is 42.5 Å². The highest BCUT2D eigenvalue weighted by molar-refractivity contribution is 6.52. The number of ketones is 1. The standard InChI is InChI=1S/C26H21ClFNO6/c1-33-15-9-11-20(34-2)17(13-15)24(30)22-23(16-6-4-5-7-19(16)28)29(26(32)25(22)31)14-8-10-21(35-3)18(27)12-14/h4-13,23,30H,1-3H3/b24-22+. The molecule has 1 fully saturated rings. The number of Topliss-reactive ketones (excluding diaryl/α,β-unsaturated/α-hetero) is 1. The molecule has 1 N–H and O–H groups in total. The number of halogens is 2. The number of amides is 1. The van der Waals surface area contributed by atoms with Crippen LogP contribution in [-0.2, 0) is 9.59 Å². The van der Waals surface area contributed by atoms with Crippen LogP contribution in [0.1, 0.15) is 17.2 Å². The molecule has 1 unspecified atom stereocenters. The lowest BCUT2D eigenvalue weighted by molar-refractivity contribution is -0.132. The van der Waals surface area contributed by atoms with Crippen LogP contribution in [0.5, 0.6) is 17.2 Å². The third kappa shape index (κ3) is 4.17. The first-order valence-electron chi connectivity index (χ1n) is 10.4. The zero-order chi connectivity index (χ0) is 25.3. The fourth-order valence-electron chi connectivity index (χ4n) is 4.04. The van der Waals surface area contributed by atoms with Gasteiger partial charge >= 0.3 is 0 Å². The van der Waals surface area contributed by atoms with E-state index in [1.807, 2.05) is 0 Å². The van der Waals surface area contributed by atoms with Crippen molar-refractivity contribution in [3.63, 3.8) is 0 Å². The number of rotatable bonds is 6. The first-order chi connectivity index (χ1) is 16.8. The van der Waals surface area contributed by atoms with E-state index in [1.165, 1.54) is 63.8 Å². The van der Waals surface area contributed by atoms with Gasteiger partial charge in [-0.3, -0.25) is 14.5 Å². The second kappa shape index (κ2) is 9.68. The Bertz CT molecular complexity index is 1360. The minimum Gasteiger partial charge on any atom is -0.507 e. The van der Waals surface area contributed by atoms with Crippen molar-refractivity contribution in [1.29, 1.82) is 0 Å². The average Bonchev–Trinajstić information content (AvgIpc) is 3.13. The van der Waals surface area contributed by atoms with Gasteiger partial charge in [0.05, 0.1) is 43.5 Å². The lowest BCUT2D eigenvalue weighted by Crippen LogP contribution is -2.29. The maximum absolute atomic E-state index is 15.0. The lowest BCUT2D eigenvalue weighted by Gasteiger charge is -2.26. The van der Waals surface area contributed by atoms with Crippen LogP contribution >= 0.6 is 11.6 Å². The molecule has 0 aliphatic carbocycles. The SMILES string of the molecule is COc1ccc(OC)c(/C(O)=C2\C(=O)C(=O)N(c3ccc(OC)c(Cl)c3)C2c2ccccc2F)c1. The third-order valence-electron chi connectivity index (χ3n) is 5.72. The minimum atomic E-state index is -1.28. The van der Waals surface area contributed by atoms with Crippen LogP contribution in [-0.4, -0.2) is 38.1 Å². The van der Waals surface area contributed by atoms with Gasteiger partial charge < -0.3 is 19.3 Å². The summed E-state index contributed by atoms with van der Waals surface area (Å²) in [5.41, 5.74) is 0.0439. The minimum absolute atomic E-state index is 0.0158.